The summed E-state index contributed by atoms with van der Waals surface area (Å²) in [6.07, 6.45) is 5.35. The van der Waals surface area contributed by atoms with Crippen LogP contribution in [-0.4, -0.2) is 55.9 Å². The van der Waals surface area contributed by atoms with Crippen molar-refractivity contribution in [2.45, 2.75) is 38.5 Å². The van der Waals surface area contributed by atoms with Crippen molar-refractivity contribution in [1.82, 2.24) is 24.5 Å². The van der Waals surface area contributed by atoms with E-state index in [4.69, 9.17) is 4.74 Å². The first-order valence-electron chi connectivity index (χ1n) is 8.07. The molecule has 2 aromatic heterocycles. The molecule has 0 bridgehead atoms. The van der Waals surface area contributed by atoms with Crippen LogP contribution < -0.4 is 4.74 Å². The summed E-state index contributed by atoms with van der Waals surface area (Å²) in [6, 6.07) is 2.13. The Kier molecular flexibility index (Phi) is 4.68. The molecule has 3 rings (SSSR count). The van der Waals surface area contributed by atoms with Gasteiger partial charge in [-0.05, 0) is 32.4 Å². The minimum absolute atomic E-state index is 0.255. The number of nitrogens with zero attached hydrogens (tertiary/aromatic N) is 5. The van der Waals surface area contributed by atoms with Crippen molar-refractivity contribution in [3.63, 3.8) is 0 Å². The van der Waals surface area contributed by atoms with Crippen LogP contribution in [0.3, 0.4) is 0 Å². The Morgan fingerprint density at radius 3 is 2.96 bits per heavy atom. The number of aromatic nitrogens is 4. The smallest absolute Gasteiger partial charge is 0.216 e. The molecule has 1 saturated heterocycles. The van der Waals surface area contributed by atoms with E-state index in [0.29, 0.717) is 13.1 Å². The second-order valence-corrected chi connectivity index (χ2v) is 6.17. The number of hydrogen-bond donors (Lipinski definition) is 1. The maximum atomic E-state index is 10.4. The lowest BCUT2D eigenvalue weighted by Gasteiger charge is -2.27. The third-order valence-corrected chi connectivity index (χ3v) is 4.51. The number of aliphatic hydroxyl groups is 1. The van der Waals surface area contributed by atoms with Crippen LogP contribution in [-0.2, 0) is 13.6 Å². The van der Waals surface area contributed by atoms with Gasteiger partial charge in [0.25, 0.3) is 0 Å². The fraction of sp³-hybridized carbons (Fsp3) is 0.625. The molecule has 1 aliphatic heterocycles. The standard InChI is InChI=1S/C16H25N5O2/c1-12-15(16(23-3)19(2)18-12)14-6-4-8-20(14)10-13(22)11-21-9-5-7-17-21/h5,7,9,13-14,22H,4,6,8,10-11H2,1-3H3/t13-,14-/m0/s1. The lowest BCUT2D eigenvalue weighted by atomic mass is 10.0. The lowest BCUT2D eigenvalue weighted by molar-refractivity contribution is 0.0883. The maximum Gasteiger partial charge on any atom is 0.216 e. The van der Waals surface area contributed by atoms with Gasteiger partial charge < -0.3 is 9.84 Å². The SMILES string of the molecule is COc1c([C@@H]2CCCN2C[C@H](O)Cn2cccn2)c(C)nn1C. The molecule has 0 spiro atoms. The van der Waals surface area contributed by atoms with Gasteiger partial charge in [-0.1, -0.05) is 0 Å². The monoisotopic (exact) mass is 319 g/mol. The molecule has 1 N–H and O–H groups in total. The van der Waals surface area contributed by atoms with E-state index in [0.717, 1.165) is 36.5 Å². The van der Waals surface area contributed by atoms with Crippen molar-refractivity contribution < 1.29 is 9.84 Å². The van der Waals surface area contributed by atoms with Crippen molar-refractivity contribution in [3.8, 4) is 5.88 Å². The molecule has 1 fully saturated rings. The van der Waals surface area contributed by atoms with E-state index in [2.05, 4.69) is 15.1 Å². The molecule has 7 heteroatoms. The molecule has 0 amide bonds. The molecule has 23 heavy (non-hydrogen) atoms. The number of likely N-dealkylation sites (tertiary alicyclic amines) is 1. The molecule has 0 unspecified atom stereocenters. The second-order valence-electron chi connectivity index (χ2n) is 6.17. The number of ether oxygens (including phenoxy) is 1. The van der Waals surface area contributed by atoms with Crippen LogP contribution in [0.1, 0.15) is 30.1 Å². The highest BCUT2D eigenvalue weighted by atomic mass is 16.5. The highest BCUT2D eigenvalue weighted by Gasteiger charge is 2.33. The highest BCUT2D eigenvalue weighted by molar-refractivity contribution is 5.35. The van der Waals surface area contributed by atoms with Crippen LogP contribution in [0.25, 0.3) is 0 Å². The van der Waals surface area contributed by atoms with Crippen molar-refractivity contribution in [2.24, 2.45) is 7.05 Å². The molecule has 126 valence electrons. The first kappa shape index (κ1) is 16.0. The number of aliphatic hydroxyl groups excluding tert-OH is 1. The fourth-order valence-corrected chi connectivity index (χ4v) is 3.60. The number of aryl methyl sites for hydroxylation is 2. The summed E-state index contributed by atoms with van der Waals surface area (Å²) in [7, 11) is 3.59. The van der Waals surface area contributed by atoms with Gasteiger partial charge in [-0.15, -0.1) is 0 Å². The maximum absolute atomic E-state index is 10.4. The molecule has 2 aromatic rings. The Labute approximate surface area is 136 Å². The van der Waals surface area contributed by atoms with Crippen LogP contribution in [0.2, 0.25) is 0 Å². The predicted molar refractivity (Wildman–Crippen MR) is 86.3 cm³/mol. The van der Waals surface area contributed by atoms with Crippen LogP contribution in [0.15, 0.2) is 18.5 Å². The topological polar surface area (TPSA) is 68.3 Å². The predicted octanol–water partition coefficient (Wildman–Crippen LogP) is 1.13. The fourth-order valence-electron chi connectivity index (χ4n) is 3.60. The Hall–Kier alpha value is -1.86. The molecule has 0 saturated carbocycles. The quantitative estimate of drug-likeness (QED) is 0.864. The van der Waals surface area contributed by atoms with Crippen molar-refractivity contribution in [2.75, 3.05) is 20.2 Å². The summed E-state index contributed by atoms with van der Waals surface area (Å²) >= 11 is 0. The van der Waals surface area contributed by atoms with Gasteiger partial charge in [-0.2, -0.15) is 10.2 Å². The summed E-state index contributed by atoms with van der Waals surface area (Å²) in [4.78, 5) is 2.33. The normalized spacial score (nSPS) is 20.1. The molecule has 7 nitrogen and oxygen atoms in total. The Balaban J connectivity index is 1.73. The zero-order valence-electron chi connectivity index (χ0n) is 14.0. The average Bonchev–Trinajstić information content (AvgIpc) is 3.20. The molecular formula is C16H25N5O2. The largest absolute Gasteiger partial charge is 0.481 e. The van der Waals surface area contributed by atoms with E-state index in [9.17, 15) is 5.11 Å². The summed E-state index contributed by atoms with van der Waals surface area (Å²) in [5, 5.41) is 19.0. The first-order chi connectivity index (χ1) is 11.1. The van der Waals surface area contributed by atoms with Gasteiger partial charge in [0.2, 0.25) is 5.88 Å². The molecule has 2 atom stereocenters. The van der Waals surface area contributed by atoms with Crippen molar-refractivity contribution in [1.29, 1.82) is 0 Å². The van der Waals surface area contributed by atoms with Crippen LogP contribution in [0.5, 0.6) is 5.88 Å². The Morgan fingerprint density at radius 1 is 1.43 bits per heavy atom. The number of methoxy groups -OCH3 is 1. The van der Waals surface area contributed by atoms with E-state index in [1.165, 1.54) is 0 Å². The van der Waals surface area contributed by atoms with Crippen LogP contribution >= 0.6 is 0 Å². The molecule has 0 radical (unpaired) electrons. The minimum Gasteiger partial charge on any atom is -0.481 e. The van der Waals surface area contributed by atoms with E-state index >= 15 is 0 Å². The van der Waals surface area contributed by atoms with Gasteiger partial charge in [-0.25, -0.2) is 4.68 Å². The molecule has 0 aromatic carbocycles. The zero-order chi connectivity index (χ0) is 16.4. The van der Waals surface area contributed by atoms with Gasteiger partial charge in [0, 0.05) is 32.0 Å². The minimum atomic E-state index is -0.446. The molecule has 0 aliphatic carbocycles. The van der Waals surface area contributed by atoms with Crippen molar-refractivity contribution in [3.05, 3.63) is 29.7 Å². The zero-order valence-corrected chi connectivity index (χ0v) is 14.0. The van der Waals surface area contributed by atoms with Gasteiger partial charge in [-0.3, -0.25) is 9.58 Å². The third kappa shape index (κ3) is 3.25. The number of hydrogen-bond acceptors (Lipinski definition) is 5. The summed E-state index contributed by atoms with van der Waals surface area (Å²) in [5.74, 6) is 0.820. The molecule has 1 aliphatic rings. The van der Waals surface area contributed by atoms with Gasteiger partial charge in [0.1, 0.15) is 0 Å². The van der Waals surface area contributed by atoms with Gasteiger partial charge in [0.15, 0.2) is 0 Å². The summed E-state index contributed by atoms with van der Waals surface area (Å²) < 4.78 is 9.11. The molecule has 3 heterocycles. The van der Waals surface area contributed by atoms with Gasteiger partial charge in [0.05, 0.1) is 31.0 Å². The van der Waals surface area contributed by atoms with Gasteiger partial charge >= 0.3 is 0 Å². The second kappa shape index (κ2) is 6.72. The van der Waals surface area contributed by atoms with E-state index in [1.54, 1.807) is 22.7 Å². The lowest BCUT2D eigenvalue weighted by Crippen LogP contribution is -2.34. The first-order valence-corrected chi connectivity index (χ1v) is 8.07. The summed E-state index contributed by atoms with van der Waals surface area (Å²) in [6.45, 7) is 4.15. The third-order valence-electron chi connectivity index (χ3n) is 4.51. The Morgan fingerprint density at radius 2 is 2.26 bits per heavy atom. The van der Waals surface area contributed by atoms with Crippen molar-refractivity contribution >= 4 is 0 Å². The van der Waals surface area contributed by atoms with E-state index in [1.807, 2.05) is 26.2 Å². The van der Waals surface area contributed by atoms with E-state index in [-0.39, 0.29) is 6.04 Å². The van der Waals surface area contributed by atoms with E-state index < -0.39 is 6.10 Å². The Bertz CT molecular complexity index is 637. The van der Waals surface area contributed by atoms with Crippen LogP contribution in [0.4, 0.5) is 0 Å². The van der Waals surface area contributed by atoms with Crippen LogP contribution in [0, 0.1) is 6.92 Å². The highest BCUT2D eigenvalue weighted by Crippen LogP contribution is 2.38. The molecular weight excluding hydrogens is 294 g/mol. The number of β-amino-alcohol motifs (C(OH)–C–C–N with tert-alkyl or cyclic N) is 1. The number of rotatable bonds is 6. The summed E-state index contributed by atoms with van der Waals surface area (Å²) in [5.41, 5.74) is 2.15. The average molecular weight is 319 g/mol.